The molecule has 4 aromatic rings. The van der Waals surface area contributed by atoms with Gasteiger partial charge in [-0.2, -0.15) is 9.78 Å². The van der Waals surface area contributed by atoms with Crippen molar-refractivity contribution in [1.29, 1.82) is 0 Å². The molecule has 0 fully saturated rings. The van der Waals surface area contributed by atoms with Crippen LogP contribution in [0.3, 0.4) is 0 Å². The third kappa shape index (κ3) is 4.36. The Balaban J connectivity index is 1.38. The molecule has 2 amide bonds. The summed E-state index contributed by atoms with van der Waals surface area (Å²) in [4.78, 5) is 38.5. The molecule has 1 aliphatic rings. The van der Waals surface area contributed by atoms with Crippen molar-refractivity contribution in [2.75, 3.05) is 25.8 Å². The molecule has 2 heterocycles. The lowest BCUT2D eigenvalue weighted by molar-refractivity contribution is -0.115. The van der Waals surface area contributed by atoms with Crippen molar-refractivity contribution in [2.45, 2.75) is 0 Å². The smallest absolute Gasteiger partial charge is 0.279 e. The van der Waals surface area contributed by atoms with Crippen molar-refractivity contribution in [3.63, 3.8) is 0 Å². The number of rotatable bonds is 6. The molecule has 35 heavy (non-hydrogen) atoms. The van der Waals surface area contributed by atoms with Crippen LogP contribution < -0.4 is 30.4 Å². The Hall–Kier alpha value is -4.86. The molecule has 0 saturated carbocycles. The average Bonchev–Trinajstić information content (AvgIpc) is 3.36. The summed E-state index contributed by atoms with van der Waals surface area (Å²) in [7, 11) is 1.54. The first-order valence-corrected chi connectivity index (χ1v) is 10.7. The number of hydrogen-bond donors (Lipinski definition) is 2. The number of amides is 2. The highest BCUT2D eigenvalue weighted by Gasteiger charge is 2.19. The molecular formula is C25H20N4O6. The van der Waals surface area contributed by atoms with Gasteiger partial charge in [-0.05, 0) is 42.5 Å². The quantitative estimate of drug-likeness (QED) is 0.442. The molecule has 0 saturated heterocycles. The van der Waals surface area contributed by atoms with Crippen LogP contribution in [0.15, 0.2) is 71.5 Å². The summed E-state index contributed by atoms with van der Waals surface area (Å²) in [5.74, 6) is 0.716. The normalized spacial score (nSPS) is 11.8. The number of carbonyl (C=O) groups is 2. The molecule has 0 bridgehead atoms. The van der Waals surface area contributed by atoms with E-state index < -0.39 is 11.8 Å². The van der Waals surface area contributed by atoms with E-state index in [0.717, 1.165) is 4.68 Å². The van der Waals surface area contributed by atoms with Crippen LogP contribution >= 0.6 is 0 Å². The SMILES string of the molecule is COc1ccc(-n2nc(C(=O)NCC(=O)Nc3ccc4c(c3)OCO4)c3ccccc3c2=O)cc1. The third-order valence-corrected chi connectivity index (χ3v) is 5.40. The first kappa shape index (κ1) is 22.0. The summed E-state index contributed by atoms with van der Waals surface area (Å²) in [6, 6.07) is 18.4. The molecule has 1 aromatic heterocycles. The maximum atomic E-state index is 13.1. The van der Waals surface area contributed by atoms with E-state index in [1.54, 1.807) is 73.8 Å². The van der Waals surface area contributed by atoms with Gasteiger partial charge < -0.3 is 24.8 Å². The van der Waals surface area contributed by atoms with Gasteiger partial charge in [0.05, 0.1) is 24.7 Å². The van der Waals surface area contributed by atoms with Crippen LogP contribution in [0, 0.1) is 0 Å². The molecule has 10 heteroatoms. The highest BCUT2D eigenvalue weighted by atomic mass is 16.7. The summed E-state index contributed by atoms with van der Waals surface area (Å²) in [6.45, 7) is -0.173. The van der Waals surface area contributed by atoms with Gasteiger partial charge in [-0.15, -0.1) is 0 Å². The molecular weight excluding hydrogens is 452 g/mol. The van der Waals surface area contributed by atoms with Crippen LogP contribution in [0.5, 0.6) is 17.2 Å². The molecule has 2 N–H and O–H groups in total. The molecule has 0 radical (unpaired) electrons. The molecule has 10 nitrogen and oxygen atoms in total. The maximum absolute atomic E-state index is 13.1. The van der Waals surface area contributed by atoms with Gasteiger partial charge in [0.25, 0.3) is 11.5 Å². The predicted molar refractivity (Wildman–Crippen MR) is 127 cm³/mol. The highest BCUT2D eigenvalue weighted by molar-refractivity contribution is 6.06. The Labute approximate surface area is 199 Å². The molecule has 0 atom stereocenters. The van der Waals surface area contributed by atoms with E-state index >= 15 is 0 Å². The number of benzene rings is 3. The van der Waals surface area contributed by atoms with Gasteiger partial charge in [0.1, 0.15) is 5.75 Å². The van der Waals surface area contributed by atoms with Crippen LogP contribution in [0.1, 0.15) is 10.5 Å². The monoisotopic (exact) mass is 472 g/mol. The molecule has 0 spiro atoms. The number of anilines is 1. The lowest BCUT2D eigenvalue weighted by atomic mass is 10.1. The first-order valence-electron chi connectivity index (χ1n) is 10.7. The molecule has 5 rings (SSSR count). The fourth-order valence-electron chi connectivity index (χ4n) is 3.68. The van der Waals surface area contributed by atoms with Crippen LogP contribution in [0.2, 0.25) is 0 Å². The zero-order valence-electron chi connectivity index (χ0n) is 18.6. The minimum atomic E-state index is -0.593. The molecule has 1 aliphatic heterocycles. The van der Waals surface area contributed by atoms with Gasteiger partial charge in [0.2, 0.25) is 12.7 Å². The third-order valence-electron chi connectivity index (χ3n) is 5.40. The van der Waals surface area contributed by atoms with Crippen LogP contribution in [-0.2, 0) is 4.79 Å². The van der Waals surface area contributed by atoms with Gasteiger partial charge in [-0.25, -0.2) is 0 Å². The van der Waals surface area contributed by atoms with E-state index in [-0.39, 0.29) is 24.6 Å². The number of hydrogen-bond acceptors (Lipinski definition) is 7. The second-order valence-electron chi connectivity index (χ2n) is 7.61. The number of nitrogens with zero attached hydrogens (tertiary/aromatic N) is 2. The molecule has 176 valence electrons. The summed E-state index contributed by atoms with van der Waals surface area (Å²) in [5, 5.41) is 10.3. The first-order chi connectivity index (χ1) is 17.0. The van der Waals surface area contributed by atoms with Gasteiger partial charge >= 0.3 is 0 Å². The minimum Gasteiger partial charge on any atom is -0.497 e. The second kappa shape index (κ2) is 9.18. The zero-order valence-corrected chi connectivity index (χ0v) is 18.6. The standard InChI is InChI=1S/C25H20N4O6/c1-33-17-9-7-16(8-10-17)29-25(32)19-5-3-2-4-18(19)23(28-29)24(31)26-13-22(30)27-15-6-11-20-21(12-15)35-14-34-20/h2-12H,13-14H2,1H3,(H,26,31)(H,27,30). The number of fused-ring (bicyclic) bond motifs is 2. The number of carbonyl (C=O) groups excluding carboxylic acids is 2. The van der Waals surface area contributed by atoms with Gasteiger partial charge in [0.15, 0.2) is 17.2 Å². The Morgan fingerprint density at radius 3 is 2.51 bits per heavy atom. The van der Waals surface area contributed by atoms with E-state index in [2.05, 4.69) is 15.7 Å². The number of aromatic nitrogens is 2. The Kier molecular flexibility index (Phi) is 5.76. The minimum absolute atomic E-state index is 0.0203. The van der Waals surface area contributed by atoms with Gasteiger partial charge in [-0.3, -0.25) is 14.4 Å². The molecule has 0 aliphatic carbocycles. The maximum Gasteiger partial charge on any atom is 0.279 e. The van der Waals surface area contributed by atoms with Crippen molar-refractivity contribution in [3.8, 4) is 22.9 Å². The molecule has 0 unspecified atom stereocenters. The fourth-order valence-corrected chi connectivity index (χ4v) is 3.68. The van der Waals surface area contributed by atoms with Crippen LogP contribution in [-0.4, -0.2) is 42.0 Å². The summed E-state index contributed by atoms with van der Waals surface area (Å²) in [6.07, 6.45) is 0. The van der Waals surface area contributed by atoms with Crippen LogP contribution in [0.4, 0.5) is 5.69 Å². The van der Waals surface area contributed by atoms with Gasteiger partial charge in [-0.1, -0.05) is 18.2 Å². The number of ether oxygens (including phenoxy) is 3. The van der Waals surface area contributed by atoms with Crippen LogP contribution in [0.25, 0.3) is 16.5 Å². The van der Waals surface area contributed by atoms with Crippen molar-refractivity contribution < 1.29 is 23.8 Å². The van der Waals surface area contributed by atoms with E-state index in [9.17, 15) is 14.4 Å². The Morgan fingerprint density at radius 2 is 1.74 bits per heavy atom. The lowest BCUT2D eigenvalue weighted by Gasteiger charge is -2.12. The lowest BCUT2D eigenvalue weighted by Crippen LogP contribution is -2.35. The largest absolute Gasteiger partial charge is 0.497 e. The average molecular weight is 472 g/mol. The topological polar surface area (TPSA) is 121 Å². The summed E-state index contributed by atoms with van der Waals surface area (Å²) in [5.41, 5.74) is 0.621. The van der Waals surface area contributed by atoms with Gasteiger partial charge in [0, 0.05) is 17.1 Å². The van der Waals surface area contributed by atoms with Crippen molar-refractivity contribution in [2.24, 2.45) is 0 Å². The molecule has 3 aromatic carbocycles. The summed E-state index contributed by atoms with van der Waals surface area (Å²) >= 11 is 0. The number of nitrogens with one attached hydrogen (secondary N) is 2. The van der Waals surface area contributed by atoms with E-state index in [0.29, 0.717) is 39.4 Å². The van der Waals surface area contributed by atoms with Crippen molar-refractivity contribution in [3.05, 3.63) is 82.8 Å². The van der Waals surface area contributed by atoms with E-state index in [4.69, 9.17) is 14.2 Å². The van der Waals surface area contributed by atoms with Crippen molar-refractivity contribution >= 4 is 28.3 Å². The highest BCUT2D eigenvalue weighted by Crippen LogP contribution is 2.34. The zero-order chi connectivity index (χ0) is 24.4. The fraction of sp³-hybridized carbons (Fsp3) is 0.120. The predicted octanol–water partition coefficient (Wildman–Crippen LogP) is 2.49. The second-order valence-corrected chi connectivity index (χ2v) is 7.61. The van der Waals surface area contributed by atoms with E-state index in [1.165, 1.54) is 0 Å². The van der Waals surface area contributed by atoms with Crippen molar-refractivity contribution in [1.82, 2.24) is 15.1 Å². The van der Waals surface area contributed by atoms with E-state index in [1.807, 2.05) is 0 Å². The Morgan fingerprint density at radius 1 is 1.00 bits per heavy atom. The number of methoxy groups -OCH3 is 1. The summed E-state index contributed by atoms with van der Waals surface area (Å²) < 4.78 is 16.9. The Bertz CT molecular complexity index is 1500.